The van der Waals surface area contributed by atoms with E-state index in [9.17, 15) is 13.2 Å². The Morgan fingerprint density at radius 2 is 1.92 bits per heavy atom. The van der Waals surface area contributed by atoms with Gasteiger partial charge >= 0.3 is 0 Å². The molecule has 0 aliphatic carbocycles. The van der Waals surface area contributed by atoms with Crippen LogP contribution in [0.25, 0.3) is 0 Å². The van der Waals surface area contributed by atoms with Crippen molar-refractivity contribution in [2.24, 2.45) is 5.92 Å². The normalized spacial score (nSPS) is 14.3. The van der Waals surface area contributed by atoms with E-state index in [4.69, 9.17) is 0 Å². The quantitative estimate of drug-likeness (QED) is 0.876. The highest BCUT2D eigenvalue weighted by atomic mass is 32.2. The molecule has 6 heteroatoms. The predicted molar refractivity (Wildman–Crippen MR) is 103 cm³/mol. The number of aryl methyl sites for hydroxylation is 1. The van der Waals surface area contributed by atoms with Crippen molar-refractivity contribution in [2.75, 3.05) is 18.0 Å². The molecule has 1 amide bonds. The molecule has 1 aliphatic rings. The summed E-state index contributed by atoms with van der Waals surface area (Å²) in [5, 5.41) is 0. The molecule has 1 N–H and O–H groups in total. The van der Waals surface area contributed by atoms with Crippen molar-refractivity contribution in [2.45, 2.75) is 31.6 Å². The van der Waals surface area contributed by atoms with E-state index in [0.29, 0.717) is 18.7 Å². The summed E-state index contributed by atoms with van der Waals surface area (Å²) < 4.78 is 27.5. The third-order valence-electron chi connectivity index (χ3n) is 4.43. The highest BCUT2D eigenvalue weighted by molar-refractivity contribution is 7.89. The van der Waals surface area contributed by atoms with Gasteiger partial charge in [-0.1, -0.05) is 38.1 Å². The van der Waals surface area contributed by atoms with E-state index in [1.54, 1.807) is 17.0 Å². The first kappa shape index (κ1) is 18.6. The van der Waals surface area contributed by atoms with Crippen molar-refractivity contribution in [3.05, 3.63) is 59.7 Å². The molecule has 1 aliphatic heterocycles. The van der Waals surface area contributed by atoms with E-state index in [1.165, 1.54) is 12.1 Å². The van der Waals surface area contributed by atoms with Gasteiger partial charge in [-0.05, 0) is 48.6 Å². The average Bonchev–Trinajstić information content (AvgIpc) is 2.65. The molecule has 0 saturated heterocycles. The third kappa shape index (κ3) is 3.97. The second-order valence-electron chi connectivity index (χ2n) is 6.96. The molecule has 1 heterocycles. The minimum Gasteiger partial charge on any atom is -0.308 e. The number of anilines is 1. The largest absolute Gasteiger partial charge is 0.308 e. The fraction of sp³-hybridized carbons (Fsp3) is 0.350. The number of nitrogens with one attached hydrogen (secondary N) is 1. The highest BCUT2D eigenvalue weighted by Crippen LogP contribution is 2.28. The number of nitrogens with zero attached hydrogens (tertiary/aromatic N) is 1. The van der Waals surface area contributed by atoms with Gasteiger partial charge in [0, 0.05) is 24.3 Å². The number of hydrogen-bond acceptors (Lipinski definition) is 3. The lowest BCUT2D eigenvalue weighted by molar-refractivity contribution is 0.0985. The van der Waals surface area contributed by atoms with Gasteiger partial charge in [-0.25, -0.2) is 13.1 Å². The number of rotatable bonds is 5. The number of benzene rings is 2. The molecule has 0 spiro atoms. The van der Waals surface area contributed by atoms with Crippen LogP contribution >= 0.6 is 0 Å². The summed E-state index contributed by atoms with van der Waals surface area (Å²) in [5.74, 6) is 0.0394. The number of fused-ring (bicyclic) bond motifs is 1. The van der Waals surface area contributed by atoms with Gasteiger partial charge in [0.2, 0.25) is 10.0 Å². The maximum absolute atomic E-state index is 13.0. The average molecular weight is 372 g/mol. The number of sulfonamides is 1. The SMILES string of the molecule is CC(C)CNS(=O)(=O)c1cccc(C(=O)N2CCCc3ccccc32)c1. The summed E-state index contributed by atoms with van der Waals surface area (Å²) in [7, 11) is -3.62. The summed E-state index contributed by atoms with van der Waals surface area (Å²) >= 11 is 0. The lowest BCUT2D eigenvalue weighted by atomic mass is 10.0. The molecule has 0 bridgehead atoms. The molecule has 3 rings (SSSR count). The van der Waals surface area contributed by atoms with Crippen LogP contribution in [0.2, 0.25) is 0 Å². The minimum absolute atomic E-state index is 0.120. The van der Waals surface area contributed by atoms with Crippen molar-refractivity contribution in [3.63, 3.8) is 0 Å². The van der Waals surface area contributed by atoms with Gasteiger partial charge in [-0.2, -0.15) is 0 Å². The molecule has 0 atom stereocenters. The molecule has 0 unspecified atom stereocenters. The Morgan fingerprint density at radius 1 is 1.15 bits per heavy atom. The van der Waals surface area contributed by atoms with Gasteiger partial charge in [-0.3, -0.25) is 4.79 Å². The number of carbonyl (C=O) groups is 1. The first-order chi connectivity index (χ1) is 12.4. The van der Waals surface area contributed by atoms with Crippen LogP contribution in [0, 0.1) is 5.92 Å². The molecule has 2 aromatic carbocycles. The summed E-state index contributed by atoms with van der Waals surface area (Å²) in [6.45, 7) is 4.88. The van der Waals surface area contributed by atoms with Crippen LogP contribution in [0.15, 0.2) is 53.4 Å². The molecule has 2 aromatic rings. The molecule has 0 fully saturated rings. The van der Waals surface area contributed by atoms with Crippen LogP contribution in [-0.4, -0.2) is 27.4 Å². The second-order valence-corrected chi connectivity index (χ2v) is 8.73. The predicted octanol–water partition coefficient (Wildman–Crippen LogP) is 3.21. The summed E-state index contributed by atoms with van der Waals surface area (Å²) in [5.41, 5.74) is 2.44. The number of hydrogen-bond donors (Lipinski definition) is 1. The van der Waals surface area contributed by atoms with Crippen molar-refractivity contribution in [1.82, 2.24) is 4.72 Å². The maximum atomic E-state index is 13.0. The fourth-order valence-corrected chi connectivity index (χ4v) is 4.32. The maximum Gasteiger partial charge on any atom is 0.258 e. The van der Waals surface area contributed by atoms with E-state index in [1.807, 2.05) is 38.1 Å². The van der Waals surface area contributed by atoms with Crippen LogP contribution in [-0.2, 0) is 16.4 Å². The second kappa shape index (κ2) is 7.60. The highest BCUT2D eigenvalue weighted by Gasteiger charge is 2.24. The Balaban J connectivity index is 1.88. The van der Waals surface area contributed by atoms with Crippen LogP contribution < -0.4 is 9.62 Å². The van der Waals surface area contributed by atoms with Crippen LogP contribution in [0.1, 0.15) is 36.2 Å². The van der Waals surface area contributed by atoms with Gasteiger partial charge < -0.3 is 4.90 Å². The molecule has 0 aromatic heterocycles. The molecular weight excluding hydrogens is 348 g/mol. The standard InChI is InChI=1S/C20H24N2O3S/c1-15(2)14-21-26(24,25)18-10-5-8-17(13-18)20(23)22-12-6-9-16-7-3-4-11-19(16)22/h3-5,7-8,10-11,13,15,21H,6,9,12,14H2,1-2H3. The molecule has 0 radical (unpaired) electrons. The number of para-hydroxylation sites is 1. The number of carbonyl (C=O) groups excluding carboxylic acids is 1. The van der Waals surface area contributed by atoms with E-state index in [-0.39, 0.29) is 16.7 Å². The Morgan fingerprint density at radius 3 is 2.69 bits per heavy atom. The third-order valence-corrected chi connectivity index (χ3v) is 5.85. The molecule has 26 heavy (non-hydrogen) atoms. The smallest absolute Gasteiger partial charge is 0.258 e. The molecular formula is C20H24N2O3S. The van der Waals surface area contributed by atoms with Gasteiger partial charge in [0.05, 0.1) is 4.90 Å². The summed E-state index contributed by atoms with van der Waals surface area (Å²) in [4.78, 5) is 14.9. The first-order valence-electron chi connectivity index (χ1n) is 8.88. The Kier molecular flexibility index (Phi) is 5.44. The zero-order valence-electron chi connectivity index (χ0n) is 15.1. The van der Waals surface area contributed by atoms with Crippen LogP contribution in [0.3, 0.4) is 0 Å². The Bertz CT molecular complexity index is 907. The molecule has 0 saturated carbocycles. The van der Waals surface area contributed by atoms with Crippen LogP contribution in [0.4, 0.5) is 5.69 Å². The van der Waals surface area contributed by atoms with Crippen molar-refractivity contribution in [1.29, 1.82) is 0 Å². The fourth-order valence-electron chi connectivity index (χ4n) is 3.06. The summed E-state index contributed by atoms with van der Waals surface area (Å²) in [6, 6.07) is 14.1. The molecule has 5 nitrogen and oxygen atoms in total. The molecule has 138 valence electrons. The Labute approximate surface area is 155 Å². The van der Waals surface area contributed by atoms with E-state index in [0.717, 1.165) is 24.1 Å². The van der Waals surface area contributed by atoms with E-state index < -0.39 is 10.0 Å². The Hall–Kier alpha value is -2.18. The lowest BCUT2D eigenvalue weighted by Crippen LogP contribution is -2.35. The zero-order chi connectivity index (χ0) is 18.7. The van der Waals surface area contributed by atoms with Crippen molar-refractivity contribution < 1.29 is 13.2 Å². The van der Waals surface area contributed by atoms with Gasteiger partial charge in [0.25, 0.3) is 5.91 Å². The van der Waals surface area contributed by atoms with Crippen molar-refractivity contribution >= 4 is 21.6 Å². The minimum atomic E-state index is -3.62. The van der Waals surface area contributed by atoms with Gasteiger partial charge in [-0.15, -0.1) is 0 Å². The zero-order valence-corrected chi connectivity index (χ0v) is 15.9. The number of amides is 1. The van der Waals surface area contributed by atoms with E-state index in [2.05, 4.69) is 4.72 Å². The lowest BCUT2D eigenvalue weighted by Gasteiger charge is -2.29. The van der Waals surface area contributed by atoms with Crippen LogP contribution in [0.5, 0.6) is 0 Å². The van der Waals surface area contributed by atoms with E-state index >= 15 is 0 Å². The summed E-state index contributed by atoms with van der Waals surface area (Å²) in [6.07, 6.45) is 1.85. The van der Waals surface area contributed by atoms with Gasteiger partial charge in [0.1, 0.15) is 0 Å². The van der Waals surface area contributed by atoms with Crippen molar-refractivity contribution in [3.8, 4) is 0 Å². The first-order valence-corrected chi connectivity index (χ1v) is 10.4. The van der Waals surface area contributed by atoms with Gasteiger partial charge in [0.15, 0.2) is 0 Å². The monoisotopic (exact) mass is 372 g/mol. The topological polar surface area (TPSA) is 66.5 Å².